The van der Waals surface area contributed by atoms with Crippen molar-refractivity contribution < 1.29 is 0 Å². The molecule has 0 atom stereocenters. The Hall–Kier alpha value is -2.36. The number of hydrogen-bond acceptors (Lipinski definition) is 3. The number of nitrogens with one attached hydrogen (secondary N) is 2. The van der Waals surface area contributed by atoms with E-state index in [0.29, 0.717) is 5.92 Å². The molecule has 0 radical (unpaired) electrons. The maximum atomic E-state index is 4.51. The molecule has 2 N–H and O–H groups in total. The van der Waals surface area contributed by atoms with Crippen LogP contribution in [0.1, 0.15) is 30.0 Å². The van der Waals surface area contributed by atoms with Gasteiger partial charge in [0, 0.05) is 29.3 Å². The predicted octanol–water partition coefficient (Wildman–Crippen LogP) is 3.89. The molecule has 1 fully saturated rings. The average Bonchev–Trinajstić information content (AvgIpc) is 3.23. The van der Waals surface area contributed by atoms with Gasteiger partial charge < -0.3 is 5.32 Å². The normalized spacial score (nSPS) is 14.7. The fraction of sp³-hybridized carbons (Fsp3) is 0.250. The van der Waals surface area contributed by atoms with E-state index >= 15 is 0 Å². The minimum absolute atomic E-state index is 0.684. The van der Waals surface area contributed by atoms with Crippen molar-refractivity contribution >= 4 is 22.4 Å². The molecule has 1 aromatic carbocycles. The van der Waals surface area contributed by atoms with E-state index in [9.17, 15) is 0 Å². The summed E-state index contributed by atoms with van der Waals surface area (Å²) < 4.78 is 0. The third-order valence-electron chi connectivity index (χ3n) is 3.91. The zero-order valence-corrected chi connectivity index (χ0v) is 11.4. The average molecular weight is 264 g/mol. The molecule has 3 aromatic rings. The van der Waals surface area contributed by atoms with E-state index in [-0.39, 0.29) is 0 Å². The summed E-state index contributed by atoms with van der Waals surface area (Å²) in [6, 6.07) is 10.4. The second-order valence-corrected chi connectivity index (χ2v) is 5.43. The second-order valence-electron chi connectivity index (χ2n) is 5.43. The number of nitrogens with zero attached hydrogens (tertiary/aromatic N) is 2. The molecule has 1 saturated carbocycles. The number of aromatic amines is 1. The van der Waals surface area contributed by atoms with Crippen LogP contribution < -0.4 is 5.32 Å². The monoisotopic (exact) mass is 264 g/mol. The van der Waals surface area contributed by atoms with Gasteiger partial charge in [-0.05, 0) is 30.7 Å². The molecule has 4 rings (SSSR count). The lowest BCUT2D eigenvalue weighted by Gasteiger charge is -2.08. The summed E-state index contributed by atoms with van der Waals surface area (Å²) in [5.74, 6) is 2.40. The molecular weight excluding hydrogens is 248 g/mol. The van der Waals surface area contributed by atoms with E-state index < -0.39 is 0 Å². The highest BCUT2D eigenvalue weighted by molar-refractivity contribution is 5.88. The number of anilines is 2. The zero-order valence-electron chi connectivity index (χ0n) is 11.4. The second kappa shape index (κ2) is 4.34. The van der Waals surface area contributed by atoms with Crippen molar-refractivity contribution in [3.63, 3.8) is 0 Å². The van der Waals surface area contributed by atoms with Crippen LogP contribution in [0.3, 0.4) is 0 Å². The number of aryl methyl sites for hydroxylation is 1. The number of benzene rings is 1. The van der Waals surface area contributed by atoms with E-state index in [0.717, 1.165) is 22.6 Å². The summed E-state index contributed by atoms with van der Waals surface area (Å²) in [5.41, 5.74) is 2.38. The van der Waals surface area contributed by atoms with Crippen molar-refractivity contribution in [3.05, 3.63) is 47.8 Å². The molecule has 0 unspecified atom stereocenters. The lowest BCUT2D eigenvalue weighted by molar-refractivity contribution is 0.966. The van der Waals surface area contributed by atoms with Crippen LogP contribution in [-0.4, -0.2) is 15.2 Å². The maximum Gasteiger partial charge on any atom is 0.153 e. The third-order valence-corrected chi connectivity index (χ3v) is 3.91. The Kier molecular flexibility index (Phi) is 2.49. The number of rotatable bonds is 3. The fourth-order valence-corrected chi connectivity index (χ4v) is 2.56. The van der Waals surface area contributed by atoms with Crippen molar-refractivity contribution in [2.45, 2.75) is 25.7 Å². The molecule has 100 valence electrons. The van der Waals surface area contributed by atoms with Crippen LogP contribution in [0.2, 0.25) is 0 Å². The molecule has 1 aliphatic carbocycles. The van der Waals surface area contributed by atoms with Crippen molar-refractivity contribution in [3.8, 4) is 0 Å². The van der Waals surface area contributed by atoms with Crippen molar-refractivity contribution in [1.82, 2.24) is 15.2 Å². The molecule has 2 heterocycles. The van der Waals surface area contributed by atoms with Gasteiger partial charge in [0.2, 0.25) is 0 Å². The Morgan fingerprint density at radius 1 is 1.25 bits per heavy atom. The summed E-state index contributed by atoms with van der Waals surface area (Å²) >= 11 is 0. The third kappa shape index (κ3) is 1.93. The van der Waals surface area contributed by atoms with Gasteiger partial charge in [0.05, 0.1) is 0 Å². The molecular formula is C16H16N4. The molecule has 2 aromatic heterocycles. The van der Waals surface area contributed by atoms with Crippen LogP contribution in [0.5, 0.6) is 0 Å². The first kappa shape index (κ1) is 11.5. The smallest absolute Gasteiger partial charge is 0.153 e. The van der Waals surface area contributed by atoms with Gasteiger partial charge in [-0.2, -0.15) is 5.10 Å². The Labute approximate surface area is 117 Å². The molecule has 0 spiro atoms. The summed E-state index contributed by atoms with van der Waals surface area (Å²) in [6.07, 6.45) is 4.45. The number of hydrogen-bond donors (Lipinski definition) is 2. The van der Waals surface area contributed by atoms with Crippen LogP contribution in [0.15, 0.2) is 36.5 Å². The molecule has 0 amide bonds. The number of H-pyrrole nitrogens is 1. The van der Waals surface area contributed by atoms with Crippen LogP contribution in [-0.2, 0) is 0 Å². The number of aromatic nitrogens is 3. The van der Waals surface area contributed by atoms with Gasteiger partial charge in [0.1, 0.15) is 5.82 Å². The topological polar surface area (TPSA) is 53.6 Å². The van der Waals surface area contributed by atoms with Gasteiger partial charge in [-0.3, -0.25) is 5.10 Å². The highest BCUT2D eigenvalue weighted by Gasteiger charge is 2.25. The SMILES string of the molecule is Cc1c(Nc2cc(C3CC3)[nH]n2)ncc2ccccc12. The molecule has 0 bridgehead atoms. The first-order valence-electron chi connectivity index (χ1n) is 6.98. The Balaban J connectivity index is 1.68. The summed E-state index contributed by atoms with van der Waals surface area (Å²) in [4.78, 5) is 4.51. The van der Waals surface area contributed by atoms with Gasteiger partial charge in [-0.1, -0.05) is 24.3 Å². The van der Waals surface area contributed by atoms with Crippen molar-refractivity contribution in [2.75, 3.05) is 5.32 Å². The molecule has 0 saturated heterocycles. The molecule has 0 aliphatic heterocycles. The number of pyridine rings is 1. The molecule has 1 aliphatic rings. The largest absolute Gasteiger partial charge is 0.323 e. The van der Waals surface area contributed by atoms with Crippen molar-refractivity contribution in [1.29, 1.82) is 0 Å². The molecule has 4 nitrogen and oxygen atoms in total. The summed E-state index contributed by atoms with van der Waals surface area (Å²) in [7, 11) is 0. The minimum atomic E-state index is 0.684. The maximum absolute atomic E-state index is 4.51. The lowest BCUT2D eigenvalue weighted by atomic mass is 10.1. The van der Waals surface area contributed by atoms with Gasteiger partial charge in [-0.15, -0.1) is 0 Å². The zero-order chi connectivity index (χ0) is 13.5. The van der Waals surface area contributed by atoms with Crippen molar-refractivity contribution in [2.24, 2.45) is 0 Å². The first-order chi connectivity index (χ1) is 9.81. The molecule has 20 heavy (non-hydrogen) atoms. The van der Waals surface area contributed by atoms with E-state index in [1.165, 1.54) is 23.9 Å². The quantitative estimate of drug-likeness (QED) is 0.754. The minimum Gasteiger partial charge on any atom is -0.323 e. The highest BCUT2D eigenvalue weighted by Crippen LogP contribution is 2.39. The van der Waals surface area contributed by atoms with Crippen LogP contribution in [0.4, 0.5) is 11.6 Å². The van der Waals surface area contributed by atoms with Crippen LogP contribution in [0, 0.1) is 6.92 Å². The Bertz CT molecular complexity index is 771. The Morgan fingerprint density at radius 3 is 2.95 bits per heavy atom. The van der Waals surface area contributed by atoms with Gasteiger partial charge in [-0.25, -0.2) is 4.98 Å². The van der Waals surface area contributed by atoms with E-state index in [4.69, 9.17) is 0 Å². The fourth-order valence-electron chi connectivity index (χ4n) is 2.56. The van der Waals surface area contributed by atoms with Gasteiger partial charge in [0.25, 0.3) is 0 Å². The van der Waals surface area contributed by atoms with Gasteiger partial charge in [0.15, 0.2) is 5.82 Å². The lowest BCUT2D eigenvalue weighted by Crippen LogP contribution is -1.97. The van der Waals surface area contributed by atoms with Crippen LogP contribution >= 0.6 is 0 Å². The molecule has 4 heteroatoms. The predicted molar refractivity (Wildman–Crippen MR) is 80.3 cm³/mol. The summed E-state index contributed by atoms with van der Waals surface area (Å²) in [5, 5.41) is 13.1. The highest BCUT2D eigenvalue weighted by atomic mass is 15.2. The van der Waals surface area contributed by atoms with Gasteiger partial charge >= 0.3 is 0 Å². The van der Waals surface area contributed by atoms with E-state index in [2.05, 4.69) is 51.7 Å². The Morgan fingerprint density at radius 2 is 2.10 bits per heavy atom. The van der Waals surface area contributed by atoms with Crippen LogP contribution in [0.25, 0.3) is 10.8 Å². The first-order valence-corrected chi connectivity index (χ1v) is 6.98. The number of fused-ring (bicyclic) bond motifs is 1. The van der Waals surface area contributed by atoms with E-state index in [1.807, 2.05) is 12.3 Å². The standard InChI is InChI=1S/C16H16N4/c1-10-13-5-3-2-4-12(13)9-17-16(10)18-15-8-14(19-20-15)11-6-7-11/h2-5,8-9,11H,6-7H2,1H3,(H2,17,18,19,20). The van der Waals surface area contributed by atoms with E-state index in [1.54, 1.807) is 0 Å². The summed E-state index contributed by atoms with van der Waals surface area (Å²) in [6.45, 7) is 2.09.